The van der Waals surface area contributed by atoms with Gasteiger partial charge in [-0.05, 0) is 43.8 Å². The number of piperidine rings is 1. The summed E-state index contributed by atoms with van der Waals surface area (Å²) in [6, 6.07) is 7.38. The molecule has 4 heterocycles. The van der Waals surface area contributed by atoms with Gasteiger partial charge in [0.15, 0.2) is 5.65 Å². The predicted octanol–water partition coefficient (Wildman–Crippen LogP) is 4.07. The minimum absolute atomic E-state index is 0.0292. The van der Waals surface area contributed by atoms with E-state index in [1.165, 1.54) is 0 Å². The molecule has 0 bridgehead atoms. The number of hydrogen-bond donors (Lipinski definition) is 1. The third-order valence-electron chi connectivity index (χ3n) is 5.71. The van der Waals surface area contributed by atoms with Crippen molar-refractivity contribution >= 4 is 22.0 Å². The number of furan rings is 1. The molecular formula is C21H21FN4O2. The number of phenolic OH excluding ortho intramolecular Hbond substituents is 1. The van der Waals surface area contributed by atoms with Crippen LogP contribution in [0.1, 0.15) is 18.0 Å². The lowest BCUT2D eigenvalue weighted by atomic mass is 10.0. The lowest BCUT2D eigenvalue weighted by Crippen LogP contribution is -2.39. The van der Waals surface area contributed by atoms with Crippen molar-refractivity contribution in [3.05, 3.63) is 42.3 Å². The number of benzene rings is 1. The van der Waals surface area contributed by atoms with E-state index in [0.717, 1.165) is 23.1 Å². The lowest BCUT2D eigenvalue weighted by Gasteiger charge is -2.33. The van der Waals surface area contributed by atoms with Crippen molar-refractivity contribution in [3.8, 4) is 17.0 Å². The zero-order chi connectivity index (χ0) is 19.4. The molecule has 1 saturated heterocycles. The van der Waals surface area contributed by atoms with Crippen molar-refractivity contribution in [3.63, 3.8) is 0 Å². The van der Waals surface area contributed by atoms with Crippen LogP contribution in [0, 0.1) is 6.92 Å². The average Bonchev–Trinajstić information content (AvgIpc) is 3.29. The van der Waals surface area contributed by atoms with Gasteiger partial charge < -0.3 is 19.0 Å². The molecule has 1 aliphatic rings. The highest BCUT2D eigenvalue weighted by molar-refractivity contribution is 5.94. The van der Waals surface area contributed by atoms with E-state index in [2.05, 4.69) is 10.2 Å². The largest absolute Gasteiger partial charge is 0.506 e. The summed E-state index contributed by atoms with van der Waals surface area (Å²) in [4.78, 5) is 2.01. The third-order valence-corrected chi connectivity index (χ3v) is 5.71. The molecule has 5 rings (SSSR count). The number of fused-ring (bicyclic) bond motifs is 2. The first kappa shape index (κ1) is 17.2. The molecule has 1 fully saturated rings. The molecule has 0 saturated carbocycles. The maximum atomic E-state index is 14.1. The first-order valence-electron chi connectivity index (χ1n) is 9.39. The minimum atomic E-state index is -0.840. The van der Waals surface area contributed by atoms with Crippen molar-refractivity contribution in [2.45, 2.75) is 25.6 Å². The molecule has 28 heavy (non-hydrogen) atoms. The molecule has 3 aromatic heterocycles. The summed E-state index contributed by atoms with van der Waals surface area (Å²) in [5.41, 5.74) is 3.56. The van der Waals surface area contributed by atoms with Crippen LogP contribution in [0.2, 0.25) is 0 Å². The number of phenols is 1. The van der Waals surface area contributed by atoms with E-state index in [1.54, 1.807) is 18.4 Å². The first-order chi connectivity index (χ1) is 13.5. The van der Waals surface area contributed by atoms with E-state index in [-0.39, 0.29) is 11.8 Å². The van der Waals surface area contributed by atoms with Crippen LogP contribution in [0.25, 0.3) is 33.3 Å². The fraction of sp³-hybridized carbons (Fsp3) is 0.333. The molecule has 7 heteroatoms. The Balaban J connectivity index is 1.61. The normalized spacial score (nSPS) is 21.0. The highest BCUT2D eigenvalue weighted by atomic mass is 19.1. The van der Waals surface area contributed by atoms with Gasteiger partial charge >= 0.3 is 0 Å². The van der Waals surface area contributed by atoms with Gasteiger partial charge in [-0.2, -0.15) is 0 Å². The number of aryl methyl sites for hydroxylation is 1. The van der Waals surface area contributed by atoms with E-state index < -0.39 is 6.17 Å². The zero-order valence-corrected chi connectivity index (χ0v) is 15.8. The maximum absolute atomic E-state index is 14.1. The number of likely N-dealkylation sites (tertiary alicyclic amines) is 1. The number of aromatic nitrogens is 3. The molecule has 0 unspecified atom stereocenters. The Bertz CT molecular complexity index is 1170. The van der Waals surface area contributed by atoms with Gasteiger partial charge in [-0.25, -0.2) is 4.39 Å². The van der Waals surface area contributed by atoms with E-state index in [4.69, 9.17) is 4.42 Å². The summed E-state index contributed by atoms with van der Waals surface area (Å²) in [6.07, 6.45) is 3.16. The second-order valence-corrected chi connectivity index (χ2v) is 7.64. The van der Waals surface area contributed by atoms with Gasteiger partial charge in [0.05, 0.1) is 17.7 Å². The molecule has 6 nitrogen and oxygen atoms in total. The summed E-state index contributed by atoms with van der Waals surface area (Å²) in [7, 11) is 1.94. The second kappa shape index (κ2) is 6.31. The molecule has 0 spiro atoms. The standard InChI is InChI=1S/C21H21FN4O2/c1-12-15-5-7-26(14-9-13(22)10-25(2)11-14)21(15)24-23-19(12)17-3-4-18-16(20(17)27)6-8-28-18/h3-8,13-14,27H,9-11H2,1-2H3/t13-,14-/m1/s1. The van der Waals surface area contributed by atoms with Gasteiger partial charge in [0.25, 0.3) is 0 Å². The molecule has 1 N–H and O–H groups in total. The molecule has 2 atom stereocenters. The molecular weight excluding hydrogens is 359 g/mol. The number of nitrogens with zero attached hydrogens (tertiary/aromatic N) is 4. The Labute approximate surface area is 161 Å². The topological polar surface area (TPSA) is 67.3 Å². The van der Waals surface area contributed by atoms with Crippen LogP contribution in [0.15, 0.2) is 41.1 Å². The van der Waals surface area contributed by atoms with E-state index >= 15 is 0 Å². The Kier molecular flexibility index (Phi) is 3.87. The minimum Gasteiger partial charge on any atom is -0.506 e. The van der Waals surface area contributed by atoms with Crippen molar-refractivity contribution in [1.82, 2.24) is 19.7 Å². The van der Waals surface area contributed by atoms with Crippen LogP contribution in [0.3, 0.4) is 0 Å². The van der Waals surface area contributed by atoms with Crippen molar-refractivity contribution in [1.29, 1.82) is 0 Å². The number of rotatable bonds is 2. The van der Waals surface area contributed by atoms with Crippen molar-refractivity contribution in [2.75, 3.05) is 20.1 Å². The Hall–Kier alpha value is -2.93. The first-order valence-corrected chi connectivity index (χ1v) is 9.39. The van der Waals surface area contributed by atoms with E-state index in [9.17, 15) is 9.50 Å². The SMILES string of the molecule is Cc1c(-c2ccc3occc3c2O)nnc2c1ccn2[C@@H]1C[C@@H](F)CN(C)C1. The van der Waals surface area contributed by atoms with Crippen LogP contribution >= 0.6 is 0 Å². The number of aromatic hydroxyl groups is 1. The number of alkyl halides is 1. The molecule has 4 aromatic rings. The van der Waals surface area contributed by atoms with Gasteiger partial charge in [-0.15, -0.1) is 10.2 Å². The Morgan fingerprint density at radius 2 is 2.00 bits per heavy atom. The zero-order valence-electron chi connectivity index (χ0n) is 15.8. The van der Waals surface area contributed by atoms with E-state index in [0.29, 0.717) is 35.2 Å². The predicted molar refractivity (Wildman–Crippen MR) is 105 cm³/mol. The number of likely N-dealkylation sites (N-methyl/N-ethyl adjacent to an activating group) is 1. The Morgan fingerprint density at radius 3 is 2.82 bits per heavy atom. The second-order valence-electron chi connectivity index (χ2n) is 7.64. The smallest absolute Gasteiger partial charge is 0.163 e. The van der Waals surface area contributed by atoms with Gasteiger partial charge in [-0.3, -0.25) is 0 Å². The highest BCUT2D eigenvalue weighted by Crippen LogP contribution is 2.38. The third kappa shape index (κ3) is 2.57. The maximum Gasteiger partial charge on any atom is 0.163 e. The molecule has 0 aliphatic carbocycles. The van der Waals surface area contributed by atoms with Crippen LogP contribution < -0.4 is 0 Å². The summed E-state index contributed by atoms with van der Waals surface area (Å²) in [5, 5.41) is 21.2. The lowest BCUT2D eigenvalue weighted by molar-refractivity contribution is 0.122. The molecule has 1 aliphatic heterocycles. The summed E-state index contributed by atoms with van der Waals surface area (Å²) >= 11 is 0. The quantitative estimate of drug-likeness (QED) is 0.568. The fourth-order valence-corrected chi connectivity index (χ4v) is 4.33. The molecule has 144 valence electrons. The number of halogens is 1. The van der Waals surface area contributed by atoms with E-state index in [1.807, 2.05) is 41.8 Å². The van der Waals surface area contributed by atoms with Crippen LogP contribution in [0.4, 0.5) is 4.39 Å². The van der Waals surface area contributed by atoms with Gasteiger partial charge in [-0.1, -0.05) is 0 Å². The summed E-state index contributed by atoms with van der Waals surface area (Å²) in [6.45, 7) is 3.23. The Morgan fingerprint density at radius 1 is 1.14 bits per heavy atom. The van der Waals surface area contributed by atoms with Crippen LogP contribution in [-0.2, 0) is 0 Å². The van der Waals surface area contributed by atoms with Crippen LogP contribution in [0.5, 0.6) is 5.75 Å². The monoisotopic (exact) mass is 380 g/mol. The van der Waals surface area contributed by atoms with Gasteiger partial charge in [0, 0.05) is 36.7 Å². The summed E-state index contributed by atoms with van der Waals surface area (Å²) < 4.78 is 21.4. The van der Waals surface area contributed by atoms with Crippen molar-refractivity contribution < 1.29 is 13.9 Å². The summed E-state index contributed by atoms with van der Waals surface area (Å²) in [5.74, 6) is 0.136. The molecule has 0 amide bonds. The van der Waals surface area contributed by atoms with Gasteiger partial charge in [0.1, 0.15) is 23.2 Å². The van der Waals surface area contributed by atoms with Crippen LogP contribution in [-0.4, -0.2) is 51.1 Å². The molecule has 1 aromatic carbocycles. The fourth-order valence-electron chi connectivity index (χ4n) is 4.33. The average molecular weight is 380 g/mol. The molecule has 0 radical (unpaired) electrons. The van der Waals surface area contributed by atoms with Crippen molar-refractivity contribution in [2.24, 2.45) is 0 Å². The van der Waals surface area contributed by atoms with Gasteiger partial charge in [0.2, 0.25) is 0 Å². The number of hydrogen-bond acceptors (Lipinski definition) is 5. The highest BCUT2D eigenvalue weighted by Gasteiger charge is 2.28.